The number of nitro groups is 1. The summed E-state index contributed by atoms with van der Waals surface area (Å²) >= 11 is 0. The predicted octanol–water partition coefficient (Wildman–Crippen LogP) is 0.0378. The molecule has 0 unspecified atom stereocenters. The second kappa shape index (κ2) is 4.75. The number of rotatable bonds is 4. The molecule has 0 radical (unpaired) electrons. The van der Waals surface area contributed by atoms with Gasteiger partial charge < -0.3 is 10.5 Å². The van der Waals surface area contributed by atoms with Gasteiger partial charge in [0.2, 0.25) is 0 Å². The lowest BCUT2D eigenvalue weighted by Crippen LogP contribution is -2.08. The third-order valence-electron chi connectivity index (χ3n) is 2.32. The molecule has 9 nitrogen and oxygen atoms in total. The minimum absolute atomic E-state index is 0.132. The van der Waals surface area contributed by atoms with E-state index in [1.54, 1.807) is 6.07 Å². The van der Waals surface area contributed by atoms with Crippen molar-refractivity contribution in [2.24, 2.45) is 5.73 Å². The first-order chi connectivity index (χ1) is 8.67. The molecule has 2 N–H and O–H groups in total. The number of nitrogens with zero attached hydrogens (tertiary/aromatic N) is 5. The van der Waals surface area contributed by atoms with Crippen LogP contribution in [0, 0.1) is 10.1 Å². The summed E-state index contributed by atoms with van der Waals surface area (Å²) in [5, 5.41) is 21.8. The van der Waals surface area contributed by atoms with Gasteiger partial charge in [-0.3, -0.25) is 10.1 Å². The van der Waals surface area contributed by atoms with Gasteiger partial charge in [0.15, 0.2) is 11.6 Å². The number of methoxy groups -OCH3 is 1. The van der Waals surface area contributed by atoms with Crippen LogP contribution < -0.4 is 10.5 Å². The van der Waals surface area contributed by atoms with Crippen LogP contribution in [0.5, 0.6) is 5.75 Å². The van der Waals surface area contributed by atoms with Crippen LogP contribution in [0.2, 0.25) is 0 Å². The molecule has 1 heterocycles. The Labute approximate surface area is 101 Å². The highest BCUT2D eigenvalue weighted by atomic mass is 16.6. The fourth-order valence-electron chi connectivity index (χ4n) is 1.49. The van der Waals surface area contributed by atoms with E-state index < -0.39 is 4.92 Å². The van der Waals surface area contributed by atoms with Crippen molar-refractivity contribution in [3.05, 3.63) is 34.1 Å². The molecule has 1 aromatic heterocycles. The van der Waals surface area contributed by atoms with E-state index >= 15 is 0 Å². The lowest BCUT2D eigenvalue weighted by molar-refractivity contribution is -0.385. The van der Waals surface area contributed by atoms with E-state index in [1.165, 1.54) is 23.9 Å². The quantitative estimate of drug-likeness (QED) is 0.600. The molecule has 0 spiro atoms. The molecule has 0 saturated heterocycles. The zero-order valence-electron chi connectivity index (χ0n) is 9.48. The van der Waals surface area contributed by atoms with Crippen molar-refractivity contribution in [2.75, 3.05) is 7.11 Å². The number of nitro benzene ring substituents is 1. The van der Waals surface area contributed by atoms with Crippen LogP contribution in [0.3, 0.4) is 0 Å². The van der Waals surface area contributed by atoms with Crippen LogP contribution in [0.25, 0.3) is 5.69 Å². The minimum atomic E-state index is -0.533. The van der Waals surface area contributed by atoms with Crippen molar-refractivity contribution in [1.29, 1.82) is 0 Å². The Morgan fingerprint density at radius 1 is 1.56 bits per heavy atom. The maximum Gasteiger partial charge on any atom is 0.313 e. The van der Waals surface area contributed by atoms with Crippen LogP contribution in [0.1, 0.15) is 5.82 Å². The number of benzene rings is 1. The lowest BCUT2D eigenvalue weighted by atomic mass is 10.2. The fraction of sp³-hybridized carbons (Fsp3) is 0.222. The predicted molar refractivity (Wildman–Crippen MR) is 60.3 cm³/mol. The Balaban J connectivity index is 2.53. The molecule has 0 bridgehead atoms. The molecule has 0 aliphatic heterocycles. The highest BCUT2D eigenvalue weighted by Crippen LogP contribution is 2.28. The number of tetrazole rings is 1. The second-order valence-corrected chi connectivity index (χ2v) is 3.32. The van der Waals surface area contributed by atoms with Crippen LogP contribution in [0.4, 0.5) is 5.69 Å². The van der Waals surface area contributed by atoms with Crippen molar-refractivity contribution >= 4 is 5.69 Å². The molecule has 2 rings (SSSR count). The van der Waals surface area contributed by atoms with Crippen molar-refractivity contribution in [2.45, 2.75) is 6.54 Å². The van der Waals surface area contributed by atoms with Crippen LogP contribution in [-0.4, -0.2) is 32.2 Å². The summed E-state index contributed by atoms with van der Waals surface area (Å²) in [5.41, 5.74) is 5.76. The van der Waals surface area contributed by atoms with Gasteiger partial charge in [0.05, 0.1) is 24.3 Å². The van der Waals surface area contributed by atoms with E-state index in [2.05, 4.69) is 15.5 Å². The maximum atomic E-state index is 10.9. The lowest BCUT2D eigenvalue weighted by Gasteiger charge is -2.05. The van der Waals surface area contributed by atoms with Gasteiger partial charge in [0.25, 0.3) is 0 Å². The average Bonchev–Trinajstić information content (AvgIpc) is 2.86. The van der Waals surface area contributed by atoms with Crippen molar-refractivity contribution in [3.63, 3.8) is 0 Å². The van der Waals surface area contributed by atoms with Crippen molar-refractivity contribution < 1.29 is 9.66 Å². The summed E-state index contributed by atoms with van der Waals surface area (Å²) < 4.78 is 6.25. The zero-order valence-corrected chi connectivity index (χ0v) is 9.48. The summed E-state index contributed by atoms with van der Waals surface area (Å²) in [4.78, 5) is 10.4. The van der Waals surface area contributed by atoms with E-state index in [0.29, 0.717) is 11.5 Å². The number of aromatic nitrogens is 4. The van der Waals surface area contributed by atoms with Gasteiger partial charge >= 0.3 is 5.69 Å². The molecule has 0 amide bonds. The summed E-state index contributed by atoms with van der Waals surface area (Å²) in [7, 11) is 1.37. The highest BCUT2D eigenvalue weighted by molar-refractivity contribution is 5.53. The summed E-state index contributed by atoms with van der Waals surface area (Å²) in [6, 6.07) is 4.42. The summed E-state index contributed by atoms with van der Waals surface area (Å²) in [6.07, 6.45) is 0. The molecular formula is C9H10N6O3. The molecule has 0 fully saturated rings. The highest BCUT2D eigenvalue weighted by Gasteiger charge is 2.17. The fourth-order valence-corrected chi connectivity index (χ4v) is 1.49. The minimum Gasteiger partial charge on any atom is -0.490 e. The standard InChI is InChI=1S/C9H10N6O3/c1-18-8-3-2-6(4-7(8)15(16)17)14-9(5-10)11-12-13-14/h2-4H,5,10H2,1H3. The van der Waals surface area contributed by atoms with E-state index in [1.807, 2.05) is 0 Å². The number of hydrogen-bond donors (Lipinski definition) is 1. The van der Waals surface area contributed by atoms with Gasteiger partial charge in [-0.25, -0.2) is 0 Å². The average molecular weight is 250 g/mol. The molecule has 18 heavy (non-hydrogen) atoms. The SMILES string of the molecule is COc1ccc(-n2nnnc2CN)cc1[N+](=O)[O-]. The third kappa shape index (κ3) is 1.98. The third-order valence-corrected chi connectivity index (χ3v) is 2.32. The Kier molecular flexibility index (Phi) is 3.15. The first-order valence-corrected chi connectivity index (χ1v) is 4.97. The van der Waals surface area contributed by atoms with E-state index in [0.717, 1.165) is 0 Å². The smallest absolute Gasteiger partial charge is 0.313 e. The molecule has 0 saturated carbocycles. The first-order valence-electron chi connectivity index (χ1n) is 4.97. The molecule has 0 atom stereocenters. The van der Waals surface area contributed by atoms with E-state index in [-0.39, 0.29) is 18.0 Å². The van der Waals surface area contributed by atoms with Gasteiger partial charge in [0, 0.05) is 6.07 Å². The van der Waals surface area contributed by atoms with Crippen LogP contribution in [0.15, 0.2) is 18.2 Å². The van der Waals surface area contributed by atoms with Gasteiger partial charge in [-0.15, -0.1) is 5.10 Å². The largest absolute Gasteiger partial charge is 0.490 e. The number of hydrogen-bond acceptors (Lipinski definition) is 7. The van der Waals surface area contributed by atoms with Gasteiger partial charge in [-0.1, -0.05) is 0 Å². The second-order valence-electron chi connectivity index (χ2n) is 3.32. The normalized spacial score (nSPS) is 10.3. The molecule has 0 aliphatic carbocycles. The Morgan fingerprint density at radius 3 is 2.94 bits per heavy atom. The monoisotopic (exact) mass is 250 g/mol. The maximum absolute atomic E-state index is 10.9. The summed E-state index contributed by atoms with van der Waals surface area (Å²) in [6.45, 7) is 0.132. The van der Waals surface area contributed by atoms with Crippen LogP contribution in [-0.2, 0) is 6.54 Å². The molecule has 9 heteroatoms. The van der Waals surface area contributed by atoms with Crippen molar-refractivity contribution in [3.8, 4) is 11.4 Å². The zero-order chi connectivity index (χ0) is 13.1. The Morgan fingerprint density at radius 2 is 2.33 bits per heavy atom. The topological polar surface area (TPSA) is 122 Å². The molecule has 2 aromatic rings. The van der Waals surface area contributed by atoms with E-state index in [9.17, 15) is 10.1 Å². The van der Waals surface area contributed by atoms with Gasteiger partial charge in [-0.2, -0.15) is 4.68 Å². The Hall–Kier alpha value is -2.55. The molecular weight excluding hydrogens is 240 g/mol. The molecule has 0 aliphatic rings. The van der Waals surface area contributed by atoms with Gasteiger partial charge in [-0.05, 0) is 22.6 Å². The van der Waals surface area contributed by atoms with E-state index in [4.69, 9.17) is 10.5 Å². The first kappa shape index (κ1) is 11.9. The number of nitrogens with two attached hydrogens (primary N) is 1. The van der Waals surface area contributed by atoms with Crippen molar-refractivity contribution in [1.82, 2.24) is 20.2 Å². The molecule has 1 aromatic carbocycles. The summed E-state index contributed by atoms with van der Waals surface area (Å²) in [5.74, 6) is 0.584. The van der Waals surface area contributed by atoms with Crippen LogP contribution >= 0.6 is 0 Å². The van der Waals surface area contributed by atoms with Gasteiger partial charge in [0.1, 0.15) is 0 Å². The number of ether oxygens (including phenoxy) is 1. The Bertz CT molecular complexity index is 581. The molecule has 94 valence electrons.